The standard InChI is InChI=1S/C37H42FN3O6S/c1-26-12-14-28(15-13-26)24-40(32(36(43)39-37(2,3)4)22-27-10-8-7-9-11-27)35(42)25-41(30-18-16-29(38)17-19-30)48(44,45)31-20-21-33(46-5)34(23-31)47-6/h7-21,23,32H,22,24-25H2,1-6H3,(H,39,43)/t32-/m0/s1. The number of rotatable bonds is 13. The lowest BCUT2D eigenvalue weighted by atomic mass is 10.0. The number of aryl methyl sites for hydroxylation is 1. The molecule has 1 N–H and O–H groups in total. The van der Waals surface area contributed by atoms with Crippen LogP contribution >= 0.6 is 0 Å². The van der Waals surface area contributed by atoms with E-state index in [-0.39, 0.29) is 35.2 Å². The summed E-state index contributed by atoms with van der Waals surface area (Å²) >= 11 is 0. The Morgan fingerprint density at radius 2 is 1.46 bits per heavy atom. The third kappa shape index (κ3) is 9.13. The molecule has 11 heteroatoms. The summed E-state index contributed by atoms with van der Waals surface area (Å²) in [5.41, 5.74) is 2.05. The first-order chi connectivity index (χ1) is 22.7. The summed E-state index contributed by atoms with van der Waals surface area (Å²) in [6, 6.07) is 24.8. The quantitative estimate of drug-likeness (QED) is 0.189. The molecule has 4 aromatic carbocycles. The molecule has 0 saturated heterocycles. The van der Waals surface area contributed by atoms with Gasteiger partial charge in [-0.25, -0.2) is 12.8 Å². The Balaban J connectivity index is 1.83. The molecular formula is C37H42FN3O6S. The molecule has 0 spiro atoms. The molecule has 0 bridgehead atoms. The number of ether oxygens (including phenoxy) is 2. The third-order valence-electron chi connectivity index (χ3n) is 7.58. The highest BCUT2D eigenvalue weighted by molar-refractivity contribution is 7.92. The second-order valence-corrected chi connectivity index (χ2v) is 14.3. The number of halogens is 1. The Kier molecular flexibility index (Phi) is 11.5. The number of nitrogens with one attached hydrogen (secondary N) is 1. The Morgan fingerprint density at radius 1 is 0.833 bits per heavy atom. The van der Waals surface area contributed by atoms with Crippen LogP contribution in [0.25, 0.3) is 0 Å². The van der Waals surface area contributed by atoms with Crippen LogP contribution in [0.4, 0.5) is 10.1 Å². The van der Waals surface area contributed by atoms with Gasteiger partial charge in [-0.15, -0.1) is 0 Å². The van der Waals surface area contributed by atoms with Crippen molar-refractivity contribution in [2.75, 3.05) is 25.1 Å². The van der Waals surface area contributed by atoms with E-state index in [2.05, 4.69) is 5.32 Å². The van der Waals surface area contributed by atoms with Crippen molar-refractivity contribution in [2.45, 2.75) is 57.1 Å². The number of benzene rings is 4. The lowest BCUT2D eigenvalue weighted by Gasteiger charge is -2.35. The first-order valence-electron chi connectivity index (χ1n) is 15.4. The number of methoxy groups -OCH3 is 2. The lowest BCUT2D eigenvalue weighted by Crippen LogP contribution is -2.56. The van der Waals surface area contributed by atoms with Crippen molar-refractivity contribution < 1.29 is 31.9 Å². The van der Waals surface area contributed by atoms with E-state index >= 15 is 0 Å². The predicted octanol–water partition coefficient (Wildman–Crippen LogP) is 5.90. The van der Waals surface area contributed by atoms with Crippen LogP contribution in [0, 0.1) is 12.7 Å². The summed E-state index contributed by atoms with van der Waals surface area (Å²) in [5.74, 6) is -1.10. The summed E-state index contributed by atoms with van der Waals surface area (Å²) in [6.45, 7) is 6.85. The molecule has 4 rings (SSSR count). The van der Waals surface area contributed by atoms with Crippen LogP contribution in [-0.2, 0) is 32.6 Å². The van der Waals surface area contributed by atoms with Crippen molar-refractivity contribution in [3.8, 4) is 11.5 Å². The molecule has 2 amide bonds. The fourth-order valence-corrected chi connectivity index (χ4v) is 6.57. The minimum Gasteiger partial charge on any atom is -0.493 e. The lowest BCUT2D eigenvalue weighted by molar-refractivity contribution is -0.140. The SMILES string of the molecule is COc1ccc(S(=O)(=O)N(CC(=O)N(Cc2ccc(C)cc2)[C@@H](Cc2ccccc2)C(=O)NC(C)(C)C)c2ccc(F)cc2)cc1OC. The van der Waals surface area contributed by atoms with E-state index in [0.717, 1.165) is 33.1 Å². The highest BCUT2D eigenvalue weighted by Gasteiger charge is 2.36. The van der Waals surface area contributed by atoms with Crippen LogP contribution in [0.5, 0.6) is 11.5 Å². The van der Waals surface area contributed by atoms with Gasteiger partial charge < -0.3 is 19.7 Å². The third-order valence-corrected chi connectivity index (χ3v) is 9.35. The highest BCUT2D eigenvalue weighted by Crippen LogP contribution is 2.32. The van der Waals surface area contributed by atoms with Crippen molar-refractivity contribution in [3.05, 3.63) is 120 Å². The summed E-state index contributed by atoms with van der Waals surface area (Å²) in [4.78, 5) is 29.8. The van der Waals surface area contributed by atoms with Crippen molar-refractivity contribution in [2.24, 2.45) is 0 Å². The molecule has 0 saturated carbocycles. The van der Waals surface area contributed by atoms with Gasteiger partial charge in [0.1, 0.15) is 18.4 Å². The summed E-state index contributed by atoms with van der Waals surface area (Å²) < 4.78 is 54.2. The van der Waals surface area contributed by atoms with E-state index < -0.39 is 39.9 Å². The molecule has 0 unspecified atom stereocenters. The minimum atomic E-state index is -4.44. The fraction of sp³-hybridized carbons (Fsp3) is 0.297. The number of carbonyl (C=O) groups excluding carboxylic acids is 2. The van der Waals surface area contributed by atoms with Crippen LogP contribution < -0.4 is 19.1 Å². The van der Waals surface area contributed by atoms with Gasteiger partial charge in [0.2, 0.25) is 11.8 Å². The van der Waals surface area contributed by atoms with Crippen molar-refractivity contribution in [1.82, 2.24) is 10.2 Å². The minimum absolute atomic E-state index is 0.0296. The van der Waals surface area contributed by atoms with Gasteiger partial charge in [-0.05, 0) is 75.2 Å². The van der Waals surface area contributed by atoms with Gasteiger partial charge in [0.25, 0.3) is 10.0 Å². The molecule has 9 nitrogen and oxygen atoms in total. The first kappa shape index (κ1) is 35.9. The van der Waals surface area contributed by atoms with Gasteiger partial charge in [-0.1, -0.05) is 60.2 Å². The van der Waals surface area contributed by atoms with Gasteiger partial charge in [0.05, 0.1) is 24.8 Å². The van der Waals surface area contributed by atoms with E-state index in [1.165, 1.54) is 49.5 Å². The Hall–Kier alpha value is -4.90. The maximum Gasteiger partial charge on any atom is 0.264 e. The molecule has 0 radical (unpaired) electrons. The normalized spacial score (nSPS) is 12.1. The first-order valence-corrected chi connectivity index (χ1v) is 16.9. The van der Waals surface area contributed by atoms with E-state index in [9.17, 15) is 22.4 Å². The highest BCUT2D eigenvalue weighted by atomic mass is 32.2. The monoisotopic (exact) mass is 675 g/mol. The molecule has 0 fully saturated rings. The Morgan fingerprint density at radius 3 is 2.04 bits per heavy atom. The van der Waals surface area contributed by atoms with Gasteiger partial charge in [0, 0.05) is 24.6 Å². The van der Waals surface area contributed by atoms with Gasteiger partial charge in [0.15, 0.2) is 11.5 Å². The van der Waals surface area contributed by atoms with Crippen molar-refractivity contribution in [1.29, 1.82) is 0 Å². The molecule has 0 aliphatic carbocycles. The predicted molar refractivity (Wildman–Crippen MR) is 184 cm³/mol. The zero-order valence-corrected chi connectivity index (χ0v) is 28.9. The van der Waals surface area contributed by atoms with Crippen LogP contribution in [-0.4, -0.2) is 57.5 Å². The molecular weight excluding hydrogens is 633 g/mol. The summed E-state index contributed by atoms with van der Waals surface area (Å²) in [5, 5.41) is 3.01. The largest absolute Gasteiger partial charge is 0.493 e. The second-order valence-electron chi connectivity index (χ2n) is 12.5. The average molecular weight is 676 g/mol. The molecule has 0 heterocycles. The molecule has 4 aromatic rings. The number of nitrogens with zero attached hydrogens (tertiary/aromatic N) is 2. The Labute approximate surface area is 282 Å². The smallest absolute Gasteiger partial charge is 0.264 e. The van der Waals surface area contributed by atoms with E-state index in [0.29, 0.717) is 5.75 Å². The van der Waals surface area contributed by atoms with Crippen molar-refractivity contribution >= 4 is 27.5 Å². The summed E-state index contributed by atoms with van der Waals surface area (Å²) in [7, 11) is -1.62. The average Bonchev–Trinajstić information content (AvgIpc) is 3.05. The van der Waals surface area contributed by atoms with Gasteiger partial charge >= 0.3 is 0 Å². The molecule has 0 aliphatic rings. The number of hydrogen-bond donors (Lipinski definition) is 1. The van der Waals surface area contributed by atoms with Crippen LogP contribution in [0.3, 0.4) is 0 Å². The number of carbonyl (C=O) groups is 2. The van der Waals surface area contributed by atoms with Crippen molar-refractivity contribution in [3.63, 3.8) is 0 Å². The molecule has 0 aromatic heterocycles. The molecule has 0 aliphatic heterocycles. The molecule has 48 heavy (non-hydrogen) atoms. The maximum atomic E-state index is 14.6. The number of hydrogen-bond acceptors (Lipinski definition) is 6. The van der Waals surface area contributed by atoms with E-state index in [1.54, 1.807) is 0 Å². The number of amides is 2. The van der Waals surface area contributed by atoms with E-state index in [4.69, 9.17) is 9.47 Å². The van der Waals surface area contributed by atoms with Crippen LogP contribution in [0.15, 0.2) is 102 Å². The van der Waals surface area contributed by atoms with Crippen LogP contribution in [0.2, 0.25) is 0 Å². The zero-order valence-electron chi connectivity index (χ0n) is 28.1. The van der Waals surface area contributed by atoms with Crippen LogP contribution in [0.1, 0.15) is 37.5 Å². The fourth-order valence-electron chi connectivity index (χ4n) is 5.14. The van der Waals surface area contributed by atoms with Gasteiger partial charge in [-0.2, -0.15) is 0 Å². The second kappa shape index (κ2) is 15.3. The van der Waals surface area contributed by atoms with Gasteiger partial charge in [-0.3, -0.25) is 13.9 Å². The van der Waals surface area contributed by atoms with E-state index in [1.807, 2.05) is 82.3 Å². The topological polar surface area (TPSA) is 105 Å². The molecule has 1 atom stereocenters. The Bertz CT molecular complexity index is 1810. The number of anilines is 1. The number of sulfonamides is 1. The maximum absolute atomic E-state index is 14.6. The zero-order chi connectivity index (χ0) is 35.1. The summed E-state index contributed by atoms with van der Waals surface area (Å²) in [6.07, 6.45) is 0.180. The molecule has 254 valence electrons.